The van der Waals surface area contributed by atoms with Crippen molar-refractivity contribution in [3.05, 3.63) is 29.8 Å². The molecule has 0 aromatic carbocycles. The number of hydrogen-bond donors (Lipinski definition) is 1. The van der Waals surface area contributed by atoms with E-state index in [1.807, 2.05) is 0 Å². The van der Waals surface area contributed by atoms with E-state index < -0.39 is 0 Å². The molecule has 1 saturated heterocycles. The molecular formula is C11H15FN2O. The molecule has 4 heteroatoms. The average molecular weight is 210 g/mol. The Hall–Kier alpha value is -1.00. The lowest BCUT2D eigenvalue weighted by molar-refractivity contribution is 0.0487. The predicted octanol–water partition coefficient (Wildman–Crippen LogP) is 1.52. The molecule has 1 aliphatic rings. The Kier molecular flexibility index (Phi) is 3.28. The zero-order chi connectivity index (χ0) is 10.7. The fourth-order valence-corrected chi connectivity index (χ4v) is 1.63. The van der Waals surface area contributed by atoms with Gasteiger partial charge in [0.05, 0.1) is 18.5 Å². The van der Waals surface area contributed by atoms with Gasteiger partial charge in [0, 0.05) is 13.1 Å². The smallest absolute Gasteiger partial charge is 0.141 e. The summed E-state index contributed by atoms with van der Waals surface area (Å²) in [5.74, 6) is 0.198. The third kappa shape index (κ3) is 2.73. The van der Waals surface area contributed by atoms with Gasteiger partial charge in [0.2, 0.25) is 0 Å². The van der Waals surface area contributed by atoms with Crippen LogP contribution in [-0.4, -0.2) is 24.7 Å². The maximum Gasteiger partial charge on any atom is 0.141 e. The van der Waals surface area contributed by atoms with Crippen LogP contribution in [-0.2, 0) is 4.74 Å². The minimum Gasteiger partial charge on any atom is -0.370 e. The molecule has 0 bridgehead atoms. The quantitative estimate of drug-likeness (QED) is 0.763. The number of rotatable bonds is 1. The van der Waals surface area contributed by atoms with Crippen molar-refractivity contribution < 1.29 is 9.13 Å². The van der Waals surface area contributed by atoms with E-state index in [0.29, 0.717) is 5.92 Å². The highest BCUT2D eigenvalue weighted by molar-refractivity contribution is 5.09. The van der Waals surface area contributed by atoms with Crippen LogP contribution in [0.5, 0.6) is 0 Å². The molecule has 0 radical (unpaired) electrons. The number of ether oxygens (including phenoxy) is 1. The van der Waals surface area contributed by atoms with Crippen molar-refractivity contribution in [2.45, 2.75) is 13.0 Å². The maximum absolute atomic E-state index is 12.7. The van der Waals surface area contributed by atoms with Gasteiger partial charge >= 0.3 is 0 Å². The molecule has 82 valence electrons. The van der Waals surface area contributed by atoms with Crippen molar-refractivity contribution in [2.75, 3.05) is 19.7 Å². The molecule has 0 aliphatic carbocycles. The van der Waals surface area contributed by atoms with Crippen LogP contribution in [0.4, 0.5) is 4.39 Å². The SMILES string of the molecule is CC1CNCC(c2ccc(F)cn2)OC1. The standard InChI is InChI=1S/C11H15FN2O/c1-8-4-13-6-11(15-7-8)10-3-2-9(12)5-14-10/h2-3,5,8,11,13H,4,6-7H2,1H3. The van der Waals surface area contributed by atoms with E-state index in [2.05, 4.69) is 17.2 Å². The lowest BCUT2D eigenvalue weighted by atomic mass is 10.2. The van der Waals surface area contributed by atoms with Crippen LogP contribution < -0.4 is 5.32 Å². The summed E-state index contributed by atoms with van der Waals surface area (Å²) in [5.41, 5.74) is 0.790. The van der Waals surface area contributed by atoms with E-state index in [1.165, 1.54) is 12.3 Å². The Bertz CT molecular complexity index is 315. The second kappa shape index (κ2) is 4.68. The third-order valence-electron chi connectivity index (χ3n) is 2.48. The van der Waals surface area contributed by atoms with Crippen LogP contribution in [0.15, 0.2) is 18.3 Å². The highest BCUT2D eigenvalue weighted by Crippen LogP contribution is 2.17. The van der Waals surface area contributed by atoms with Gasteiger partial charge in [0.25, 0.3) is 0 Å². The first-order chi connectivity index (χ1) is 7.25. The molecule has 1 aromatic rings. The van der Waals surface area contributed by atoms with Gasteiger partial charge in [-0.1, -0.05) is 6.92 Å². The number of halogens is 1. The van der Waals surface area contributed by atoms with Crippen LogP contribution in [0.1, 0.15) is 18.7 Å². The largest absolute Gasteiger partial charge is 0.370 e. The Morgan fingerprint density at radius 2 is 2.33 bits per heavy atom. The van der Waals surface area contributed by atoms with Crippen molar-refractivity contribution in [1.29, 1.82) is 0 Å². The summed E-state index contributed by atoms with van der Waals surface area (Å²) in [6.45, 7) is 4.55. The number of aromatic nitrogens is 1. The third-order valence-corrected chi connectivity index (χ3v) is 2.48. The molecule has 0 spiro atoms. The molecule has 15 heavy (non-hydrogen) atoms. The topological polar surface area (TPSA) is 34.2 Å². The molecule has 1 aliphatic heterocycles. The highest BCUT2D eigenvalue weighted by atomic mass is 19.1. The van der Waals surface area contributed by atoms with Gasteiger partial charge in [-0.25, -0.2) is 4.39 Å². The Morgan fingerprint density at radius 1 is 1.47 bits per heavy atom. The normalized spacial score (nSPS) is 27.3. The van der Waals surface area contributed by atoms with Gasteiger partial charge in [0.15, 0.2) is 0 Å². The lowest BCUT2D eigenvalue weighted by Gasteiger charge is -2.14. The van der Waals surface area contributed by atoms with E-state index in [4.69, 9.17) is 4.74 Å². The summed E-state index contributed by atoms with van der Waals surface area (Å²) < 4.78 is 18.4. The van der Waals surface area contributed by atoms with Gasteiger partial charge in [-0.05, 0) is 18.1 Å². The Balaban J connectivity index is 2.06. The predicted molar refractivity (Wildman–Crippen MR) is 54.9 cm³/mol. The van der Waals surface area contributed by atoms with Crippen LogP contribution in [0, 0.1) is 11.7 Å². The minimum atomic E-state index is -0.311. The van der Waals surface area contributed by atoms with Crippen molar-refractivity contribution in [3.63, 3.8) is 0 Å². The van der Waals surface area contributed by atoms with Crippen LogP contribution in [0.2, 0.25) is 0 Å². The molecule has 1 fully saturated rings. The van der Waals surface area contributed by atoms with Gasteiger partial charge in [-0.2, -0.15) is 0 Å². The molecule has 3 nitrogen and oxygen atoms in total. The Morgan fingerprint density at radius 3 is 3.07 bits per heavy atom. The average Bonchev–Trinajstić information content (AvgIpc) is 2.44. The molecule has 1 aromatic heterocycles. The zero-order valence-corrected chi connectivity index (χ0v) is 8.74. The fraction of sp³-hybridized carbons (Fsp3) is 0.545. The van der Waals surface area contributed by atoms with Crippen molar-refractivity contribution in [2.24, 2.45) is 5.92 Å². The number of nitrogens with one attached hydrogen (secondary N) is 1. The van der Waals surface area contributed by atoms with E-state index in [9.17, 15) is 4.39 Å². The Labute approximate surface area is 88.7 Å². The van der Waals surface area contributed by atoms with E-state index in [0.717, 1.165) is 25.4 Å². The van der Waals surface area contributed by atoms with Gasteiger partial charge in [-0.3, -0.25) is 4.98 Å². The first kappa shape index (κ1) is 10.5. The summed E-state index contributed by atoms with van der Waals surface area (Å²) in [6, 6.07) is 3.09. The van der Waals surface area contributed by atoms with Crippen LogP contribution in [0.3, 0.4) is 0 Å². The molecule has 2 unspecified atom stereocenters. The minimum absolute atomic E-state index is 0.0597. The number of nitrogens with zero attached hydrogens (tertiary/aromatic N) is 1. The summed E-state index contributed by atoms with van der Waals surface area (Å²) in [4.78, 5) is 4.03. The van der Waals surface area contributed by atoms with Crippen molar-refractivity contribution >= 4 is 0 Å². The summed E-state index contributed by atoms with van der Waals surface area (Å²) >= 11 is 0. The molecule has 1 N–H and O–H groups in total. The maximum atomic E-state index is 12.7. The van der Waals surface area contributed by atoms with Gasteiger partial charge in [-0.15, -0.1) is 0 Å². The first-order valence-electron chi connectivity index (χ1n) is 5.19. The first-order valence-corrected chi connectivity index (χ1v) is 5.19. The van der Waals surface area contributed by atoms with E-state index in [1.54, 1.807) is 6.07 Å². The second-order valence-electron chi connectivity index (χ2n) is 3.99. The second-order valence-corrected chi connectivity index (χ2v) is 3.99. The molecule has 2 heterocycles. The van der Waals surface area contributed by atoms with Gasteiger partial charge < -0.3 is 10.1 Å². The molecular weight excluding hydrogens is 195 g/mol. The van der Waals surface area contributed by atoms with Crippen molar-refractivity contribution in [1.82, 2.24) is 10.3 Å². The summed E-state index contributed by atoms with van der Waals surface area (Å²) in [7, 11) is 0. The zero-order valence-electron chi connectivity index (χ0n) is 8.74. The molecule has 2 rings (SSSR count). The van der Waals surface area contributed by atoms with Gasteiger partial charge in [0.1, 0.15) is 11.9 Å². The fourth-order valence-electron chi connectivity index (χ4n) is 1.63. The molecule has 0 saturated carbocycles. The van der Waals surface area contributed by atoms with Crippen LogP contribution >= 0.6 is 0 Å². The number of hydrogen-bond acceptors (Lipinski definition) is 3. The number of pyridine rings is 1. The monoisotopic (exact) mass is 210 g/mol. The van der Waals surface area contributed by atoms with Crippen molar-refractivity contribution in [3.8, 4) is 0 Å². The van der Waals surface area contributed by atoms with E-state index in [-0.39, 0.29) is 11.9 Å². The lowest BCUT2D eigenvalue weighted by Crippen LogP contribution is -2.22. The molecule has 0 amide bonds. The molecule has 2 atom stereocenters. The van der Waals surface area contributed by atoms with Crippen LogP contribution in [0.25, 0.3) is 0 Å². The summed E-state index contributed by atoms with van der Waals surface area (Å²) in [6.07, 6.45) is 1.17. The summed E-state index contributed by atoms with van der Waals surface area (Å²) in [5, 5.41) is 3.30. The highest BCUT2D eigenvalue weighted by Gasteiger charge is 2.18. The van der Waals surface area contributed by atoms with E-state index >= 15 is 0 Å².